The molecule has 0 aliphatic rings. The zero-order valence-electron chi connectivity index (χ0n) is 14.4. The number of nitrogens with zero attached hydrogens (tertiary/aromatic N) is 1. The fourth-order valence-corrected chi connectivity index (χ4v) is 3.99. The molecule has 8 heteroatoms. The number of halogens is 6. The van der Waals surface area contributed by atoms with E-state index in [2.05, 4.69) is 38.5 Å². The average Bonchev–Trinajstić information content (AvgIpc) is 2.60. The van der Waals surface area contributed by atoms with Crippen molar-refractivity contribution in [1.29, 1.82) is 0 Å². The van der Waals surface area contributed by atoms with Crippen LogP contribution in [0.25, 0.3) is 0 Å². The average molecular weight is 558 g/mol. The number of carbonyl (C=O) groups excluding carboxylic acids is 1. The lowest BCUT2D eigenvalue weighted by molar-refractivity contribution is -0.137. The number of alkyl halides is 4. The lowest BCUT2D eigenvalue weighted by atomic mass is 9.95. The summed E-state index contributed by atoms with van der Waals surface area (Å²) in [5.74, 6) is -0.877. The Bertz CT molecular complexity index is 795. The van der Waals surface area contributed by atoms with E-state index in [0.29, 0.717) is 6.54 Å². The van der Waals surface area contributed by atoms with Gasteiger partial charge in [0.05, 0.1) is 5.56 Å². The SMILES string of the molecule is CN(CC(CCI)c1ccc(F)cc1)C(=O)c1cc(Br)cc(C(F)(F)F)c1. The molecular formula is C19H17BrF4INO. The van der Waals surface area contributed by atoms with Gasteiger partial charge >= 0.3 is 6.18 Å². The number of carbonyl (C=O) groups is 1. The molecular weight excluding hydrogens is 541 g/mol. The molecule has 2 rings (SSSR count). The summed E-state index contributed by atoms with van der Waals surface area (Å²) in [6.45, 7) is 0.321. The van der Waals surface area contributed by atoms with Crippen LogP contribution in [-0.4, -0.2) is 28.8 Å². The number of rotatable bonds is 6. The zero-order valence-corrected chi connectivity index (χ0v) is 18.1. The summed E-state index contributed by atoms with van der Waals surface area (Å²) < 4.78 is 53.2. The van der Waals surface area contributed by atoms with Crippen LogP contribution in [0.1, 0.15) is 33.8 Å². The molecule has 1 amide bonds. The molecule has 0 aliphatic heterocycles. The summed E-state index contributed by atoms with van der Waals surface area (Å²) in [5, 5.41) is 0. The Morgan fingerprint density at radius 1 is 1.19 bits per heavy atom. The highest BCUT2D eigenvalue weighted by molar-refractivity contribution is 14.1. The molecule has 0 aliphatic carbocycles. The van der Waals surface area contributed by atoms with Crippen molar-refractivity contribution in [3.05, 3.63) is 69.4 Å². The smallest absolute Gasteiger partial charge is 0.341 e. The maximum atomic E-state index is 13.2. The summed E-state index contributed by atoms with van der Waals surface area (Å²) in [6.07, 6.45) is -3.77. The molecule has 0 radical (unpaired) electrons. The molecule has 0 N–H and O–H groups in total. The van der Waals surface area contributed by atoms with Gasteiger partial charge < -0.3 is 4.90 Å². The Hall–Kier alpha value is -1.16. The van der Waals surface area contributed by atoms with Crippen molar-refractivity contribution in [3.63, 3.8) is 0 Å². The lowest BCUT2D eigenvalue weighted by Gasteiger charge is -2.25. The van der Waals surface area contributed by atoms with Crippen molar-refractivity contribution in [2.75, 3.05) is 18.0 Å². The molecule has 2 nitrogen and oxygen atoms in total. The maximum absolute atomic E-state index is 13.2. The second kappa shape index (κ2) is 9.36. The van der Waals surface area contributed by atoms with Gasteiger partial charge in [-0.25, -0.2) is 4.39 Å². The van der Waals surface area contributed by atoms with Crippen molar-refractivity contribution in [1.82, 2.24) is 4.90 Å². The highest BCUT2D eigenvalue weighted by Crippen LogP contribution is 2.32. The Morgan fingerprint density at radius 2 is 1.81 bits per heavy atom. The van der Waals surface area contributed by atoms with Gasteiger partial charge in [0, 0.05) is 34.0 Å². The van der Waals surface area contributed by atoms with Crippen LogP contribution in [0.3, 0.4) is 0 Å². The molecule has 0 saturated carbocycles. The van der Waals surface area contributed by atoms with E-state index >= 15 is 0 Å². The van der Waals surface area contributed by atoms with Crippen LogP contribution in [-0.2, 0) is 6.18 Å². The topological polar surface area (TPSA) is 20.3 Å². The largest absolute Gasteiger partial charge is 0.416 e. The van der Waals surface area contributed by atoms with Crippen LogP contribution in [0.2, 0.25) is 0 Å². The van der Waals surface area contributed by atoms with E-state index in [1.54, 1.807) is 19.2 Å². The molecule has 0 spiro atoms. The van der Waals surface area contributed by atoms with Gasteiger partial charge in [-0.2, -0.15) is 13.2 Å². The van der Waals surface area contributed by atoms with Crippen molar-refractivity contribution >= 4 is 44.4 Å². The number of likely N-dealkylation sites (N-methyl/N-ethyl adjacent to an activating group) is 1. The third-order valence-electron chi connectivity index (χ3n) is 4.11. The van der Waals surface area contributed by atoms with E-state index in [0.717, 1.165) is 28.5 Å². The second-order valence-corrected chi connectivity index (χ2v) is 8.13. The standard InChI is InChI=1S/C19H17BrF4INO/c1-26(11-13(6-7-25)12-2-4-17(21)5-3-12)18(27)14-8-15(19(22,23)24)10-16(20)9-14/h2-5,8-10,13H,6-7,11H2,1H3. The van der Waals surface area contributed by atoms with Crippen molar-refractivity contribution in [2.45, 2.75) is 18.5 Å². The fourth-order valence-electron chi connectivity index (χ4n) is 2.74. The summed E-state index contributed by atoms with van der Waals surface area (Å²) >= 11 is 5.26. The molecule has 0 bridgehead atoms. The Labute approximate surface area is 177 Å². The number of hydrogen-bond donors (Lipinski definition) is 0. The molecule has 1 atom stereocenters. The first-order valence-electron chi connectivity index (χ1n) is 8.06. The molecule has 2 aromatic carbocycles. The molecule has 146 valence electrons. The third kappa shape index (κ3) is 6.17. The van der Waals surface area contributed by atoms with E-state index < -0.39 is 17.6 Å². The fraction of sp³-hybridized carbons (Fsp3) is 0.316. The van der Waals surface area contributed by atoms with Crippen LogP contribution in [0.5, 0.6) is 0 Å². The molecule has 0 saturated heterocycles. The lowest BCUT2D eigenvalue weighted by Crippen LogP contribution is -2.31. The van der Waals surface area contributed by atoms with Crippen LogP contribution in [0, 0.1) is 5.82 Å². The van der Waals surface area contributed by atoms with E-state index in [1.807, 2.05) is 0 Å². The minimum atomic E-state index is -4.53. The van der Waals surface area contributed by atoms with Gasteiger partial charge in [-0.3, -0.25) is 4.79 Å². The van der Waals surface area contributed by atoms with Gasteiger partial charge in [0.1, 0.15) is 5.82 Å². The third-order valence-corrected chi connectivity index (χ3v) is 5.19. The van der Waals surface area contributed by atoms with E-state index in [4.69, 9.17) is 0 Å². The maximum Gasteiger partial charge on any atom is 0.416 e. The number of amides is 1. The summed E-state index contributed by atoms with van der Waals surface area (Å²) in [6, 6.07) is 9.24. The predicted molar refractivity (Wildman–Crippen MR) is 109 cm³/mol. The molecule has 27 heavy (non-hydrogen) atoms. The normalized spacial score (nSPS) is 12.7. The van der Waals surface area contributed by atoms with E-state index in [9.17, 15) is 22.4 Å². The minimum absolute atomic E-state index is 0.0356. The van der Waals surface area contributed by atoms with Crippen LogP contribution < -0.4 is 0 Å². The van der Waals surface area contributed by atoms with Crippen molar-refractivity contribution in [2.24, 2.45) is 0 Å². The van der Waals surface area contributed by atoms with Crippen LogP contribution >= 0.6 is 38.5 Å². The Kier molecular flexibility index (Phi) is 7.67. The number of benzene rings is 2. The van der Waals surface area contributed by atoms with Gasteiger partial charge in [-0.15, -0.1) is 0 Å². The Morgan fingerprint density at radius 3 is 2.37 bits per heavy atom. The summed E-state index contributed by atoms with van der Waals surface area (Å²) in [5.41, 5.74) is -0.0274. The monoisotopic (exact) mass is 557 g/mol. The summed E-state index contributed by atoms with van der Waals surface area (Å²) in [4.78, 5) is 14.1. The highest BCUT2D eigenvalue weighted by Gasteiger charge is 2.32. The number of hydrogen-bond acceptors (Lipinski definition) is 1. The van der Waals surface area contributed by atoms with Crippen molar-refractivity contribution < 1.29 is 22.4 Å². The quantitative estimate of drug-likeness (QED) is 0.232. The van der Waals surface area contributed by atoms with Gasteiger partial charge in [-0.05, 0) is 42.3 Å². The molecule has 2 aromatic rings. The van der Waals surface area contributed by atoms with Gasteiger partial charge in [-0.1, -0.05) is 50.7 Å². The minimum Gasteiger partial charge on any atom is -0.341 e. The van der Waals surface area contributed by atoms with Gasteiger partial charge in [0.15, 0.2) is 0 Å². The molecule has 1 unspecified atom stereocenters. The zero-order chi connectivity index (χ0) is 20.2. The van der Waals surface area contributed by atoms with Crippen LogP contribution in [0.4, 0.5) is 17.6 Å². The molecule has 0 fully saturated rings. The predicted octanol–water partition coefficient (Wildman–Crippen LogP) is 6.29. The summed E-state index contributed by atoms with van der Waals surface area (Å²) in [7, 11) is 1.56. The first-order valence-corrected chi connectivity index (χ1v) is 10.4. The van der Waals surface area contributed by atoms with Gasteiger partial charge in [0.25, 0.3) is 5.91 Å². The van der Waals surface area contributed by atoms with E-state index in [1.165, 1.54) is 23.1 Å². The first-order chi connectivity index (χ1) is 12.6. The molecule has 0 heterocycles. The second-order valence-electron chi connectivity index (χ2n) is 6.14. The van der Waals surface area contributed by atoms with Gasteiger partial charge in [0.2, 0.25) is 0 Å². The van der Waals surface area contributed by atoms with Crippen molar-refractivity contribution in [3.8, 4) is 0 Å². The van der Waals surface area contributed by atoms with Crippen LogP contribution in [0.15, 0.2) is 46.9 Å². The highest BCUT2D eigenvalue weighted by atomic mass is 127. The molecule has 0 aromatic heterocycles. The van der Waals surface area contributed by atoms with E-state index in [-0.39, 0.29) is 21.8 Å². The Balaban J connectivity index is 2.22. The first kappa shape index (κ1) is 22.1.